The van der Waals surface area contributed by atoms with E-state index in [1.807, 2.05) is 24.3 Å². The van der Waals surface area contributed by atoms with E-state index >= 15 is 0 Å². The Hall–Kier alpha value is -3.72. The fourth-order valence-electron chi connectivity index (χ4n) is 3.08. The number of para-hydroxylation sites is 1. The Balaban J connectivity index is 1.52. The average molecular weight is 444 g/mol. The summed E-state index contributed by atoms with van der Waals surface area (Å²) in [6, 6.07) is 10.7. The summed E-state index contributed by atoms with van der Waals surface area (Å²) in [7, 11) is 4.53. The third kappa shape index (κ3) is 3.87. The molecule has 9 nitrogen and oxygen atoms in total. The minimum absolute atomic E-state index is 0.115. The summed E-state index contributed by atoms with van der Waals surface area (Å²) >= 11 is 6.28. The van der Waals surface area contributed by atoms with Gasteiger partial charge in [0.15, 0.2) is 18.1 Å². The molecule has 0 unspecified atom stereocenters. The molecule has 0 amide bonds. The molecule has 0 radical (unpaired) electrons. The largest absolute Gasteiger partial charge is 0.493 e. The fourth-order valence-corrected chi connectivity index (χ4v) is 3.37. The summed E-state index contributed by atoms with van der Waals surface area (Å²) in [5.41, 5.74) is 1.45. The third-order valence-corrected chi connectivity index (χ3v) is 4.94. The minimum Gasteiger partial charge on any atom is -0.493 e. The zero-order valence-corrected chi connectivity index (χ0v) is 17.6. The summed E-state index contributed by atoms with van der Waals surface area (Å²) in [4.78, 5) is 15.4. The second-order valence-electron chi connectivity index (χ2n) is 6.35. The lowest BCUT2D eigenvalue weighted by molar-refractivity contribution is 0.0433. The zero-order chi connectivity index (χ0) is 22.0. The van der Waals surface area contributed by atoms with Crippen LogP contribution in [0.5, 0.6) is 17.2 Å². The number of halogens is 1. The number of hydrogen-bond acceptors (Lipinski definition) is 8. The first-order valence-electron chi connectivity index (χ1n) is 9.11. The number of aromatic amines is 1. The molecule has 10 heteroatoms. The van der Waals surface area contributed by atoms with Crippen molar-refractivity contribution in [3.63, 3.8) is 0 Å². The molecule has 31 heavy (non-hydrogen) atoms. The molecule has 0 spiro atoms. The SMILES string of the molecule is COc1cc(-c2nnc(COC(=O)c3[nH]c4ccccc4c3Cl)o2)cc(OC)c1OC. The molecule has 0 fully saturated rings. The molecular weight excluding hydrogens is 426 g/mol. The lowest BCUT2D eigenvalue weighted by Crippen LogP contribution is -2.06. The Bertz CT molecular complexity index is 1220. The standard InChI is InChI=1S/C21H18ClN3O6/c1-27-14-8-11(9-15(28-2)19(14)29-3)20-25-24-16(31-20)10-30-21(26)18-17(22)12-6-4-5-7-13(12)23-18/h4-9,23H,10H2,1-3H3. The van der Waals surface area contributed by atoms with Gasteiger partial charge in [0.2, 0.25) is 11.6 Å². The Morgan fingerprint density at radius 3 is 2.42 bits per heavy atom. The van der Waals surface area contributed by atoms with Gasteiger partial charge in [-0.25, -0.2) is 4.79 Å². The van der Waals surface area contributed by atoms with Crippen LogP contribution in [0.2, 0.25) is 5.02 Å². The van der Waals surface area contributed by atoms with Gasteiger partial charge in [-0.15, -0.1) is 10.2 Å². The van der Waals surface area contributed by atoms with Crippen molar-refractivity contribution in [2.75, 3.05) is 21.3 Å². The van der Waals surface area contributed by atoms with Gasteiger partial charge in [0, 0.05) is 16.5 Å². The van der Waals surface area contributed by atoms with Gasteiger partial charge in [-0.3, -0.25) is 0 Å². The number of fused-ring (bicyclic) bond motifs is 1. The second-order valence-corrected chi connectivity index (χ2v) is 6.73. The normalized spacial score (nSPS) is 10.8. The molecule has 1 N–H and O–H groups in total. The second kappa shape index (κ2) is 8.57. The molecule has 2 aromatic heterocycles. The van der Waals surface area contributed by atoms with E-state index in [4.69, 9.17) is 35.0 Å². The number of rotatable bonds is 7. The number of hydrogen-bond donors (Lipinski definition) is 1. The van der Waals surface area contributed by atoms with Crippen LogP contribution in [0.3, 0.4) is 0 Å². The van der Waals surface area contributed by atoms with Gasteiger partial charge in [-0.05, 0) is 18.2 Å². The van der Waals surface area contributed by atoms with Crippen molar-refractivity contribution in [1.29, 1.82) is 0 Å². The first kappa shape index (κ1) is 20.5. The molecule has 4 rings (SSSR count). The number of ether oxygens (including phenoxy) is 4. The molecule has 4 aromatic rings. The number of carbonyl (C=O) groups is 1. The Labute approximate surface area is 181 Å². The summed E-state index contributed by atoms with van der Waals surface area (Å²) < 4.78 is 26.9. The van der Waals surface area contributed by atoms with Crippen molar-refractivity contribution < 1.29 is 28.2 Å². The van der Waals surface area contributed by atoms with Gasteiger partial charge in [-0.2, -0.15) is 0 Å². The zero-order valence-electron chi connectivity index (χ0n) is 16.9. The van der Waals surface area contributed by atoms with Crippen LogP contribution in [-0.2, 0) is 11.3 Å². The van der Waals surface area contributed by atoms with E-state index in [2.05, 4.69) is 15.2 Å². The highest BCUT2D eigenvalue weighted by atomic mass is 35.5. The minimum atomic E-state index is -0.631. The predicted molar refractivity (Wildman–Crippen MR) is 112 cm³/mol. The van der Waals surface area contributed by atoms with Crippen LogP contribution < -0.4 is 14.2 Å². The van der Waals surface area contributed by atoms with E-state index in [9.17, 15) is 4.79 Å². The van der Waals surface area contributed by atoms with Crippen LogP contribution >= 0.6 is 11.6 Å². The highest BCUT2D eigenvalue weighted by Crippen LogP contribution is 2.40. The molecule has 2 aromatic carbocycles. The molecular formula is C21H18ClN3O6. The van der Waals surface area contributed by atoms with Gasteiger partial charge in [-0.1, -0.05) is 29.8 Å². The lowest BCUT2D eigenvalue weighted by atomic mass is 10.2. The van der Waals surface area contributed by atoms with E-state index in [0.29, 0.717) is 27.8 Å². The van der Waals surface area contributed by atoms with Crippen molar-refractivity contribution in [1.82, 2.24) is 15.2 Å². The summed E-state index contributed by atoms with van der Waals surface area (Å²) in [6.45, 7) is -0.220. The number of carbonyl (C=O) groups excluding carboxylic acids is 1. The first-order chi connectivity index (χ1) is 15.0. The number of nitrogens with one attached hydrogen (secondary N) is 1. The number of methoxy groups -OCH3 is 3. The molecule has 0 saturated heterocycles. The quantitative estimate of drug-likeness (QED) is 0.422. The first-order valence-corrected chi connectivity index (χ1v) is 9.49. The smallest absolute Gasteiger partial charge is 0.356 e. The highest BCUT2D eigenvalue weighted by molar-refractivity contribution is 6.38. The fraction of sp³-hybridized carbons (Fsp3) is 0.190. The number of nitrogens with zero attached hydrogens (tertiary/aromatic N) is 2. The molecule has 0 aliphatic rings. The van der Waals surface area contributed by atoms with E-state index in [1.165, 1.54) is 21.3 Å². The van der Waals surface area contributed by atoms with Gasteiger partial charge in [0.05, 0.1) is 26.4 Å². The van der Waals surface area contributed by atoms with Gasteiger partial charge < -0.3 is 28.3 Å². The van der Waals surface area contributed by atoms with Gasteiger partial charge >= 0.3 is 5.97 Å². The van der Waals surface area contributed by atoms with Crippen molar-refractivity contribution >= 4 is 28.5 Å². The van der Waals surface area contributed by atoms with Crippen LogP contribution in [0.4, 0.5) is 0 Å². The van der Waals surface area contributed by atoms with E-state index in [-0.39, 0.29) is 24.1 Å². The number of benzene rings is 2. The highest BCUT2D eigenvalue weighted by Gasteiger charge is 2.20. The molecule has 0 saturated carbocycles. The van der Waals surface area contributed by atoms with Crippen molar-refractivity contribution in [2.45, 2.75) is 6.61 Å². The average Bonchev–Trinajstić information content (AvgIpc) is 3.41. The Kier molecular flexibility index (Phi) is 5.68. The van der Waals surface area contributed by atoms with Crippen LogP contribution in [-0.4, -0.2) is 42.5 Å². The molecule has 0 atom stereocenters. The maximum Gasteiger partial charge on any atom is 0.356 e. The lowest BCUT2D eigenvalue weighted by Gasteiger charge is -2.12. The summed E-state index contributed by atoms with van der Waals surface area (Å²) in [6.07, 6.45) is 0. The maximum absolute atomic E-state index is 12.4. The molecule has 0 bridgehead atoms. The van der Waals surface area contributed by atoms with Gasteiger partial charge in [0.1, 0.15) is 5.69 Å². The third-order valence-electron chi connectivity index (χ3n) is 4.55. The van der Waals surface area contributed by atoms with Crippen molar-refractivity contribution in [3.8, 4) is 28.7 Å². The summed E-state index contributed by atoms with van der Waals surface area (Å²) in [5, 5.41) is 8.96. The molecule has 0 aliphatic carbocycles. The molecule has 0 aliphatic heterocycles. The van der Waals surface area contributed by atoms with Crippen LogP contribution in [0.15, 0.2) is 40.8 Å². The Morgan fingerprint density at radius 1 is 1.06 bits per heavy atom. The number of H-pyrrole nitrogens is 1. The molecule has 2 heterocycles. The van der Waals surface area contributed by atoms with Gasteiger partial charge in [0.25, 0.3) is 5.89 Å². The predicted octanol–water partition coefficient (Wildman–Crippen LogP) is 4.25. The van der Waals surface area contributed by atoms with E-state index in [0.717, 1.165) is 10.9 Å². The van der Waals surface area contributed by atoms with E-state index < -0.39 is 5.97 Å². The summed E-state index contributed by atoms with van der Waals surface area (Å²) in [5.74, 6) is 1.01. The van der Waals surface area contributed by atoms with Crippen LogP contribution in [0, 0.1) is 0 Å². The maximum atomic E-state index is 12.4. The molecule has 160 valence electrons. The topological polar surface area (TPSA) is 109 Å². The van der Waals surface area contributed by atoms with Crippen molar-refractivity contribution in [2.24, 2.45) is 0 Å². The monoisotopic (exact) mass is 443 g/mol. The van der Waals surface area contributed by atoms with Crippen LogP contribution in [0.1, 0.15) is 16.4 Å². The van der Waals surface area contributed by atoms with Crippen molar-refractivity contribution in [3.05, 3.63) is 53.0 Å². The Morgan fingerprint density at radius 2 is 1.77 bits per heavy atom. The number of aromatic nitrogens is 3. The number of esters is 1. The van der Waals surface area contributed by atoms with E-state index in [1.54, 1.807) is 12.1 Å². The van der Waals surface area contributed by atoms with Crippen LogP contribution in [0.25, 0.3) is 22.4 Å².